The van der Waals surface area contributed by atoms with Crippen LogP contribution in [-0.2, 0) is 14.3 Å². The molecule has 1 aliphatic heterocycles. The van der Waals surface area contributed by atoms with E-state index in [-0.39, 0.29) is 23.7 Å². The standard InChI is InChI=1S/C11H18ClNO3/c1-8(6-12)10(14)13-5-3-4-9(7-13)11(15)16-2/h8-9H,3-7H2,1-2H3. The van der Waals surface area contributed by atoms with Crippen molar-refractivity contribution in [3.05, 3.63) is 0 Å². The van der Waals surface area contributed by atoms with Crippen molar-refractivity contribution in [1.82, 2.24) is 4.90 Å². The Labute approximate surface area is 101 Å². The monoisotopic (exact) mass is 247 g/mol. The van der Waals surface area contributed by atoms with Gasteiger partial charge in [-0.3, -0.25) is 9.59 Å². The minimum Gasteiger partial charge on any atom is -0.469 e. The number of alkyl halides is 1. The number of likely N-dealkylation sites (tertiary alicyclic amines) is 1. The topological polar surface area (TPSA) is 46.6 Å². The number of ether oxygens (including phenoxy) is 1. The SMILES string of the molecule is COC(=O)C1CCCN(C(=O)C(C)CCl)C1. The number of esters is 1. The second-order valence-electron chi connectivity index (χ2n) is 4.20. The molecule has 0 aromatic carbocycles. The molecule has 0 radical (unpaired) electrons. The Bertz CT molecular complexity index is 270. The summed E-state index contributed by atoms with van der Waals surface area (Å²) in [5.74, 6) is -0.235. The van der Waals surface area contributed by atoms with Crippen LogP contribution >= 0.6 is 11.6 Å². The van der Waals surface area contributed by atoms with E-state index >= 15 is 0 Å². The summed E-state index contributed by atoms with van der Waals surface area (Å²) in [6.45, 7) is 2.98. The summed E-state index contributed by atoms with van der Waals surface area (Å²) >= 11 is 5.65. The van der Waals surface area contributed by atoms with Gasteiger partial charge in [-0.2, -0.15) is 0 Å². The molecule has 4 nitrogen and oxygen atoms in total. The third-order valence-corrected chi connectivity index (χ3v) is 3.38. The number of hydrogen-bond donors (Lipinski definition) is 0. The zero-order valence-electron chi connectivity index (χ0n) is 9.74. The van der Waals surface area contributed by atoms with Gasteiger partial charge >= 0.3 is 5.97 Å². The lowest BCUT2D eigenvalue weighted by Gasteiger charge is -2.32. The summed E-state index contributed by atoms with van der Waals surface area (Å²) in [6.07, 6.45) is 1.65. The number of hydrogen-bond acceptors (Lipinski definition) is 3. The van der Waals surface area contributed by atoms with Gasteiger partial charge in [-0.15, -0.1) is 11.6 Å². The molecule has 0 aliphatic carbocycles. The maximum atomic E-state index is 11.9. The molecule has 0 bridgehead atoms. The van der Waals surface area contributed by atoms with E-state index in [1.54, 1.807) is 11.8 Å². The molecule has 0 aromatic rings. The maximum Gasteiger partial charge on any atom is 0.310 e. The summed E-state index contributed by atoms with van der Waals surface area (Å²) in [7, 11) is 1.38. The summed E-state index contributed by atoms with van der Waals surface area (Å²) < 4.78 is 4.70. The Balaban J connectivity index is 2.56. The van der Waals surface area contributed by atoms with Gasteiger partial charge in [0.05, 0.1) is 13.0 Å². The molecule has 1 saturated heterocycles. The third kappa shape index (κ3) is 3.11. The predicted molar refractivity (Wildman–Crippen MR) is 61.2 cm³/mol. The van der Waals surface area contributed by atoms with Gasteiger partial charge in [0.1, 0.15) is 0 Å². The minimum absolute atomic E-state index is 0.0311. The van der Waals surface area contributed by atoms with Crippen molar-refractivity contribution >= 4 is 23.5 Å². The van der Waals surface area contributed by atoms with Gasteiger partial charge < -0.3 is 9.64 Å². The van der Waals surface area contributed by atoms with Gasteiger partial charge in [-0.25, -0.2) is 0 Å². The zero-order chi connectivity index (χ0) is 12.1. The van der Waals surface area contributed by atoms with Crippen LogP contribution in [0.4, 0.5) is 0 Å². The van der Waals surface area contributed by atoms with Crippen molar-refractivity contribution in [2.75, 3.05) is 26.1 Å². The molecule has 1 heterocycles. The lowest BCUT2D eigenvalue weighted by molar-refractivity contribution is -0.149. The summed E-state index contributed by atoms with van der Waals surface area (Å²) in [4.78, 5) is 25.0. The van der Waals surface area contributed by atoms with Crippen molar-refractivity contribution in [3.63, 3.8) is 0 Å². The number of halogens is 1. The Morgan fingerprint density at radius 1 is 1.56 bits per heavy atom. The molecule has 0 saturated carbocycles. The fraction of sp³-hybridized carbons (Fsp3) is 0.818. The number of carbonyl (C=O) groups is 2. The van der Waals surface area contributed by atoms with Crippen molar-refractivity contribution in [2.24, 2.45) is 11.8 Å². The first kappa shape index (κ1) is 13.3. The van der Waals surface area contributed by atoms with E-state index in [4.69, 9.17) is 16.3 Å². The van der Waals surface area contributed by atoms with Gasteiger partial charge in [0.25, 0.3) is 0 Å². The molecule has 1 rings (SSSR count). The van der Waals surface area contributed by atoms with Gasteiger partial charge in [-0.05, 0) is 12.8 Å². The molecular weight excluding hydrogens is 230 g/mol. The average Bonchev–Trinajstić information content (AvgIpc) is 2.36. The maximum absolute atomic E-state index is 11.9. The van der Waals surface area contributed by atoms with Gasteiger partial charge in [0.15, 0.2) is 0 Å². The molecule has 1 fully saturated rings. The summed E-state index contributed by atoms with van der Waals surface area (Å²) in [5, 5.41) is 0. The molecule has 0 spiro atoms. The van der Waals surface area contributed by atoms with Gasteiger partial charge in [-0.1, -0.05) is 6.92 Å². The molecule has 16 heavy (non-hydrogen) atoms. The van der Waals surface area contributed by atoms with Crippen LogP contribution in [0.1, 0.15) is 19.8 Å². The quantitative estimate of drug-likeness (QED) is 0.558. The Morgan fingerprint density at radius 3 is 2.81 bits per heavy atom. The Morgan fingerprint density at radius 2 is 2.25 bits per heavy atom. The zero-order valence-corrected chi connectivity index (χ0v) is 10.5. The van der Waals surface area contributed by atoms with E-state index in [1.807, 2.05) is 0 Å². The van der Waals surface area contributed by atoms with Gasteiger partial charge in [0.2, 0.25) is 5.91 Å². The molecular formula is C11H18ClNO3. The first-order chi connectivity index (χ1) is 7.60. The van der Waals surface area contributed by atoms with E-state index in [0.29, 0.717) is 19.0 Å². The van der Waals surface area contributed by atoms with Crippen LogP contribution < -0.4 is 0 Å². The Hall–Kier alpha value is -0.770. The highest BCUT2D eigenvalue weighted by Crippen LogP contribution is 2.19. The van der Waals surface area contributed by atoms with E-state index in [0.717, 1.165) is 12.8 Å². The van der Waals surface area contributed by atoms with E-state index in [9.17, 15) is 9.59 Å². The summed E-state index contributed by atoms with van der Waals surface area (Å²) in [6, 6.07) is 0. The van der Waals surface area contributed by atoms with Crippen molar-refractivity contribution in [1.29, 1.82) is 0 Å². The highest BCUT2D eigenvalue weighted by molar-refractivity contribution is 6.19. The first-order valence-corrected chi connectivity index (χ1v) is 6.06. The van der Waals surface area contributed by atoms with Crippen LogP contribution in [0.5, 0.6) is 0 Å². The lowest BCUT2D eigenvalue weighted by Crippen LogP contribution is -2.45. The molecule has 2 atom stereocenters. The predicted octanol–water partition coefficient (Wildman–Crippen LogP) is 1.27. The van der Waals surface area contributed by atoms with Crippen molar-refractivity contribution < 1.29 is 14.3 Å². The Kier molecular flexibility index (Phi) is 5.06. The molecule has 2 unspecified atom stereocenters. The van der Waals surface area contributed by atoms with Crippen molar-refractivity contribution in [3.8, 4) is 0 Å². The van der Waals surface area contributed by atoms with Crippen LogP contribution in [0, 0.1) is 11.8 Å². The molecule has 1 amide bonds. The minimum atomic E-state index is -0.226. The van der Waals surface area contributed by atoms with Gasteiger partial charge in [0, 0.05) is 24.9 Å². The fourth-order valence-corrected chi connectivity index (χ4v) is 2.05. The molecule has 5 heteroatoms. The third-order valence-electron chi connectivity index (χ3n) is 2.92. The number of carbonyl (C=O) groups excluding carboxylic acids is 2. The van der Waals surface area contributed by atoms with Crippen LogP contribution in [0.3, 0.4) is 0 Å². The number of piperidine rings is 1. The first-order valence-electron chi connectivity index (χ1n) is 5.52. The molecule has 1 aliphatic rings. The van der Waals surface area contributed by atoms with E-state index in [1.165, 1.54) is 7.11 Å². The van der Waals surface area contributed by atoms with E-state index < -0.39 is 0 Å². The highest BCUT2D eigenvalue weighted by atomic mass is 35.5. The fourth-order valence-electron chi connectivity index (χ4n) is 1.91. The van der Waals surface area contributed by atoms with Crippen molar-refractivity contribution in [2.45, 2.75) is 19.8 Å². The van der Waals surface area contributed by atoms with Crippen LogP contribution in [0.2, 0.25) is 0 Å². The number of methoxy groups -OCH3 is 1. The number of amides is 1. The van der Waals surface area contributed by atoms with Crippen LogP contribution in [0.25, 0.3) is 0 Å². The second-order valence-corrected chi connectivity index (χ2v) is 4.51. The second kappa shape index (κ2) is 6.09. The summed E-state index contributed by atoms with van der Waals surface area (Å²) in [5.41, 5.74) is 0. The number of nitrogens with zero attached hydrogens (tertiary/aromatic N) is 1. The van der Waals surface area contributed by atoms with Crippen LogP contribution in [0.15, 0.2) is 0 Å². The smallest absolute Gasteiger partial charge is 0.310 e. The molecule has 92 valence electrons. The average molecular weight is 248 g/mol. The highest BCUT2D eigenvalue weighted by Gasteiger charge is 2.30. The molecule has 0 aromatic heterocycles. The number of rotatable bonds is 3. The molecule has 0 N–H and O–H groups in total. The largest absolute Gasteiger partial charge is 0.469 e. The van der Waals surface area contributed by atoms with E-state index in [2.05, 4.69) is 0 Å². The normalized spacial score (nSPS) is 22.7. The van der Waals surface area contributed by atoms with Crippen LogP contribution in [-0.4, -0.2) is 42.9 Å². The lowest BCUT2D eigenvalue weighted by atomic mass is 9.97.